The van der Waals surface area contributed by atoms with Gasteiger partial charge in [0.1, 0.15) is 0 Å². The molecule has 0 bridgehead atoms. The summed E-state index contributed by atoms with van der Waals surface area (Å²) in [5.74, 6) is 0.848. The molecule has 1 aromatic carbocycles. The van der Waals surface area contributed by atoms with E-state index < -0.39 is 0 Å². The van der Waals surface area contributed by atoms with Crippen LogP contribution in [0.4, 0.5) is 0 Å². The van der Waals surface area contributed by atoms with Crippen molar-refractivity contribution in [3.8, 4) is 0 Å². The summed E-state index contributed by atoms with van der Waals surface area (Å²) < 4.78 is 5.66. The lowest BCUT2D eigenvalue weighted by molar-refractivity contribution is -0.0289. The van der Waals surface area contributed by atoms with Crippen LogP contribution >= 0.6 is 0 Å². The minimum Gasteiger partial charge on any atom is -0.378 e. The molecule has 1 saturated carbocycles. The van der Waals surface area contributed by atoms with Crippen LogP contribution in [-0.2, 0) is 11.2 Å². The fourth-order valence-electron chi connectivity index (χ4n) is 3.29. The molecule has 2 heteroatoms. The molecule has 2 rings (SSSR count). The van der Waals surface area contributed by atoms with Crippen LogP contribution < -0.4 is 5.32 Å². The van der Waals surface area contributed by atoms with Crippen molar-refractivity contribution in [3.05, 3.63) is 35.4 Å². The molecule has 1 fully saturated rings. The Morgan fingerprint density at radius 2 is 2.10 bits per heavy atom. The maximum absolute atomic E-state index is 5.66. The monoisotopic (exact) mass is 275 g/mol. The van der Waals surface area contributed by atoms with Crippen molar-refractivity contribution < 1.29 is 4.74 Å². The van der Waals surface area contributed by atoms with Crippen LogP contribution in [0.5, 0.6) is 0 Å². The minimum atomic E-state index is 0.534. The Labute approximate surface area is 123 Å². The van der Waals surface area contributed by atoms with Crippen LogP contribution in [-0.4, -0.2) is 25.3 Å². The first kappa shape index (κ1) is 15.5. The molecule has 0 aliphatic heterocycles. The molecular formula is C18H29NO. The number of aryl methyl sites for hydroxylation is 1. The molecule has 1 N–H and O–H groups in total. The van der Waals surface area contributed by atoms with Gasteiger partial charge in [-0.2, -0.15) is 0 Å². The largest absolute Gasteiger partial charge is 0.378 e. The van der Waals surface area contributed by atoms with Crippen molar-refractivity contribution in [1.29, 1.82) is 0 Å². The summed E-state index contributed by atoms with van der Waals surface area (Å²) in [4.78, 5) is 0. The summed E-state index contributed by atoms with van der Waals surface area (Å²) >= 11 is 0. The van der Waals surface area contributed by atoms with Gasteiger partial charge in [0, 0.05) is 12.6 Å². The predicted octanol–water partition coefficient (Wildman–Crippen LogP) is 3.72. The quantitative estimate of drug-likeness (QED) is 0.780. The maximum Gasteiger partial charge on any atom is 0.0580 e. The first-order valence-electron chi connectivity index (χ1n) is 8.11. The first-order chi connectivity index (χ1) is 9.71. The molecule has 1 aliphatic rings. The molecule has 112 valence electrons. The van der Waals surface area contributed by atoms with E-state index >= 15 is 0 Å². The number of likely N-dealkylation sites (N-methyl/N-ethyl adjacent to an activating group) is 1. The van der Waals surface area contributed by atoms with E-state index in [-0.39, 0.29) is 0 Å². The highest BCUT2D eigenvalue weighted by atomic mass is 16.5. The average Bonchev–Trinajstić information content (AvgIpc) is 2.36. The Balaban J connectivity index is 1.82. The Hall–Kier alpha value is -0.860. The lowest BCUT2D eigenvalue weighted by Gasteiger charge is -2.37. The van der Waals surface area contributed by atoms with Crippen LogP contribution in [0, 0.1) is 12.8 Å². The van der Waals surface area contributed by atoms with Gasteiger partial charge in [0.15, 0.2) is 0 Å². The smallest absolute Gasteiger partial charge is 0.0580 e. The summed E-state index contributed by atoms with van der Waals surface area (Å²) in [6, 6.07) is 9.51. The Morgan fingerprint density at radius 3 is 2.75 bits per heavy atom. The highest BCUT2D eigenvalue weighted by Gasteiger charge is 2.31. The van der Waals surface area contributed by atoms with E-state index in [0.717, 1.165) is 25.5 Å². The number of benzene rings is 1. The van der Waals surface area contributed by atoms with Gasteiger partial charge in [0.2, 0.25) is 0 Å². The van der Waals surface area contributed by atoms with Crippen molar-refractivity contribution in [2.24, 2.45) is 5.92 Å². The second-order valence-corrected chi connectivity index (χ2v) is 6.10. The molecule has 1 unspecified atom stereocenters. The predicted molar refractivity (Wildman–Crippen MR) is 85.1 cm³/mol. The highest BCUT2D eigenvalue weighted by Crippen LogP contribution is 2.34. The molecule has 2 nitrogen and oxygen atoms in total. The lowest BCUT2D eigenvalue weighted by atomic mass is 9.77. The second kappa shape index (κ2) is 7.80. The van der Waals surface area contributed by atoms with Crippen molar-refractivity contribution in [2.75, 3.05) is 13.2 Å². The summed E-state index contributed by atoms with van der Waals surface area (Å²) in [5, 5.41) is 3.66. The van der Waals surface area contributed by atoms with Crippen LogP contribution in [0.3, 0.4) is 0 Å². The van der Waals surface area contributed by atoms with Gasteiger partial charge in [0.05, 0.1) is 6.10 Å². The Kier molecular flexibility index (Phi) is 6.06. The van der Waals surface area contributed by atoms with E-state index in [1.807, 2.05) is 0 Å². The standard InChI is InChI=1S/C18H29NO/c1-4-19-17(10-15-8-6-7-14(3)9-15)11-16-12-18(13-16)20-5-2/h6-9,16-19H,4-5,10-13H2,1-3H3. The van der Waals surface area contributed by atoms with E-state index in [1.165, 1.54) is 30.4 Å². The van der Waals surface area contributed by atoms with Gasteiger partial charge in [-0.1, -0.05) is 36.8 Å². The summed E-state index contributed by atoms with van der Waals surface area (Å²) in [6.45, 7) is 8.37. The molecule has 0 spiro atoms. The van der Waals surface area contributed by atoms with Crippen LogP contribution in [0.15, 0.2) is 24.3 Å². The highest BCUT2D eigenvalue weighted by molar-refractivity contribution is 5.23. The summed E-state index contributed by atoms with van der Waals surface area (Å²) in [6.07, 6.45) is 5.47. The van der Waals surface area contributed by atoms with Crippen molar-refractivity contribution >= 4 is 0 Å². The molecule has 0 amide bonds. The zero-order chi connectivity index (χ0) is 14.4. The molecule has 1 atom stereocenters. The summed E-state index contributed by atoms with van der Waals surface area (Å²) in [7, 11) is 0. The van der Waals surface area contributed by atoms with Gasteiger partial charge in [-0.3, -0.25) is 0 Å². The zero-order valence-corrected chi connectivity index (χ0v) is 13.2. The molecular weight excluding hydrogens is 246 g/mol. The third-order valence-electron chi connectivity index (χ3n) is 4.27. The second-order valence-electron chi connectivity index (χ2n) is 6.10. The molecule has 1 aromatic rings. The normalized spacial score (nSPS) is 23.4. The van der Waals surface area contributed by atoms with Gasteiger partial charge in [-0.25, -0.2) is 0 Å². The number of rotatable bonds is 8. The van der Waals surface area contributed by atoms with Gasteiger partial charge >= 0.3 is 0 Å². The Morgan fingerprint density at radius 1 is 1.30 bits per heavy atom. The van der Waals surface area contributed by atoms with Crippen LogP contribution in [0.2, 0.25) is 0 Å². The zero-order valence-electron chi connectivity index (χ0n) is 13.2. The molecule has 1 aliphatic carbocycles. The van der Waals surface area contributed by atoms with E-state index in [4.69, 9.17) is 4.74 Å². The van der Waals surface area contributed by atoms with E-state index in [9.17, 15) is 0 Å². The number of ether oxygens (including phenoxy) is 1. The lowest BCUT2D eigenvalue weighted by Crippen LogP contribution is -2.39. The number of hydrogen-bond acceptors (Lipinski definition) is 2. The number of hydrogen-bond donors (Lipinski definition) is 1. The Bertz CT molecular complexity index is 398. The fourth-order valence-corrected chi connectivity index (χ4v) is 3.29. The maximum atomic E-state index is 5.66. The van der Waals surface area contributed by atoms with Gasteiger partial charge in [-0.15, -0.1) is 0 Å². The van der Waals surface area contributed by atoms with Crippen LogP contribution in [0.1, 0.15) is 44.2 Å². The molecule has 0 radical (unpaired) electrons. The van der Waals surface area contributed by atoms with Crippen molar-refractivity contribution in [3.63, 3.8) is 0 Å². The van der Waals surface area contributed by atoms with Crippen LogP contribution in [0.25, 0.3) is 0 Å². The summed E-state index contributed by atoms with van der Waals surface area (Å²) in [5.41, 5.74) is 2.81. The van der Waals surface area contributed by atoms with Gasteiger partial charge in [0.25, 0.3) is 0 Å². The van der Waals surface area contributed by atoms with Gasteiger partial charge in [-0.05, 0) is 57.6 Å². The van der Waals surface area contributed by atoms with Crippen molar-refractivity contribution in [1.82, 2.24) is 5.32 Å². The van der Waals surface area contributed by atoms with Gasteiger partial charge < -0.3 is 10.1 Å². The first-order valence-corrected chi connectivity index (χ1v) is 8.11. The number of nitrogens with one attached hydrogen (secondary N) is 1. The minimum absolute atomic E-state index is 0.534. The third kappa shape index (κ3) is 4.60. The SMILES string of the molecule is CCNC(Cc1cccc(C)c1)CC1CC(OCC)C1. The van der Waals surface area contributed by atoms with E-state index in [1.54, 1.807) is 0 Å². The molecule has 20 heavy (non-hydrogen) atoms. The van der Waals surface area contributed by atoms with E-state index in [0.29, 0.717) is 12.1 Å². The fraction of sp³-hybridized carbons (Fsp3) is 0.667. The molecule has 0 saturated heterocycles. The molecule has 0 heterocycles. The van der Waals surface area contributed by atoms with E-state index in [2.05, 4.69) is 50.4 Å². The molecule has 0 aromatic heterocycles. The topological polar surface area (TPSA) is 21.3 Å². The average molecular weight is 275 g/mol. The van der Waals surface area contributed by atoms with Crippen molar-refractivity contribution in [2.45, 2.75) is 58.6 Å². The third-order valence-corrected chi connectivity index (χ3v) is 4.27.